The summed E-state index contributed by atoms with van der Waals surface area (Å²) in [6.45, 7) is 7.14. The molecule has 34 heavy (non-hydrogen) atoms. The van der Waals surface area contributed by atoms with Crippen molar-refractivity contribution >= 4 is 5.78 Å². The minimum absolute atomic E-state index is 0.0615. The number of epoxide rings is 1. The van der Waals surface area contributed by atoms with Crippen LogP contribution in [0.1, 0.15) is 81.9 Å². The van der Waals surface area contributed by atoms with Gasteiger partial charge in [0.15, 0.2) is 12.1 Å². The number of hydrogen-bond donors (Lipinski definition) is 3. The maximum Gasteiger partial charge on any atom is 0.186 e. The highest BCUT2D eigenvalue weighted by molar-refractivity contribution is 5.98. The summed E-state index contributed by atoms with van der Waals surface area (Å²) in [4.78, 5) is 13.2. The second kappa shape index (κ2) is 7.01. The van der Waals surface area contributed by atoms with E-state index in [-0.39, 0.29) is 35.7 Å². The molecule has 2 heterocycles. The van der Waals surface area contributed by atoms with Gasteiger partial charge in [-0.15, -0.1) is 0 Å². The van der Waals surface area contributed by atoms with Gasteiger partial charge in [-0.1, -0.05) is 31.2 Å². The van der Waals surface area contributed by atoms with E-state index in [1.807, 2.05) is 13.0 Å². The predicted molar refractivity (Wildman–Crippen MR) is 125 cm³/mol. The zero-order chi connectivity index (χ0) is 24.3. The van der Waals surface area contributed by atoms with Gasteiger partial charge in [-0.05, 0) is 81.1 Å². The van der Waals surface area contributed by atoms with Crippen LogP contribution in [0.4, 0.5) is 0 Å². The summed E-state index contributed by atoms with van der Waals surface area (Å²) >= 11 is 0. The standard InChI is InChI=1S/C28H36O6/c1-15(21-14-25(2,31)27(4,32)24(30)33-21)16-7-9-18-17(12-16)8-10-20-19(18)13-23-28(34-23)11-5-6-22(29)26(20,28)3/h5-7,9,12,15,19-21,23-24,30-32H,8,10-11,13-14H2,1-4H3/t15-,19-,20-,21+,23-,24-,25+,26-,27+,28-/m0/s1. The van der Waals surface area contributed by atoms with Crippen molar-refractivity contribution in [3.8, 4) is 0 Å². The van der Waals surface area contributed by atoms with E-state index < -0.39 is 29.0 Å². The molecule has 3 fully saturated rings. The molecule has 6 nitrogen and oxygen atoms in total. The van der Waals surface area contributed by atoms with Crippen LogP contribution in [0.2, 0.25) is 0 Å². The minimum atomic E-state index is -1.73. The average Bonchev–Trinajstić information content (AvgIpc) is 3.50. The Morgan fingerprint density at radius 1 is 1.18 bits per heavy atom. The summed E-state index contributed by atoms with van der Waals surface area (Å²) < 4.78 is 12.1. The molecule has 3 aliphatic carbocycles. The second-order valence-corrected chi connectivity index (χ2v) is 12.1. The summed E-state index contributed by atoms with van der Waals surface area (Å²) in [5, 5.41) is 31.6. The van der Waals surface area contributed by atoms with Gasteiger partial charge >= 0.3 is 0 Å². The number of aliphatic hydroxyl groups excluding tert-OH is 1. The molecule has 0 radical (unpaired) electrons. The fraction of sp³-hybridized carbons (Fsp3) is 0.679. The molecule has 10 atom stereocenters. The van der Waals surface area contributed by atoms with Gasteiger partial charge in [0.2, 0.25) is 0 Å². The number of ether oxygens (including phenoxy) is 2. The summed E-state index contributed by atoms with van der Waals surface area (Å²) in [6, 6.07) is 6.59. The molecule has 6 rings (SSSR count). The van der Waals surface area contributed by atoms with Crippen LogP contribution in [-0.4, -0.2) is 56.4 Å². The number of allylic oxidation sites excluding steroid dienone is 1. The second-order valence-electron chi connectivity index (χ2n) is 12.1. The molecule has 1 spiro atoms. The molecule has 0 amide bonds. The van der Waals surface area contributed by atoms with Crippen molar-refractivity contribution in [3.05, 3.63) is 47.0 Å². The molecular formula is C28H36O6. The van der Waals surface area contributed by atoms with Crippen LogP contribution in [0, 0.1) is 11.3 Å². The molecule has 1 aromatic carbocycles. The lowest BCUT2D eigenvalue weighted by Gasteiger charge is -2.51. The highest BCUT2D eigenvalue weighted by Crippen LogP contribution is 2.69. The quantitative estimate of drug-likeness (QED) is 0.577. The summed E-state index contributed by atoms with van der Waals surface area (Å²) in [7, 11) is 0. The Labute approximate surface area is 201 Å². The van der Waals surface area contributed by atoms with Crippen molar-refractivity contribution < 1.29 is 29.6 Å². The smallest absolute Gasteiger partial charge is 0.186 e. The first kappa shape index (κ1) is 22.9. The monoisotopic (exact) mass is 468 g/mol. The van der Waals surface area contributed by atoms with E-state index in [1.165, 1.54) is 18.1 Å². The Morgan fingerprint density at radius 2 is 1.94 bits per heavy atom. The molecule has 2 aliphatic heterocycles. The zero-order valence-electron chi connectivity index (χ0n) is 20.5. The van der Waals surface area contributed by atoms with Crippen molar-refractivity contribution in [1.82, 2.24) is 0 Å². The van der Waals surface area contributed by atoms with Crippen LogP contribution in [0.25, 0.3) is 0 Å². The molecule has 5 aliphatic rings. The van der Waals surface area contributed by atoms with Crippen molar-refractivity contribution in [3.63, 3.8) is 0 Å². The average molecular weight is 469 g/mol. The maximum atomic E-state index is 13.2. The summed E-state index contributed by atoms with van der Waals surface area (Å²) in [5.74, 6) is 0.764. The Kier molecular flexibility index (Phi) is 4.72. The number of benzene rings is 1. The van der Waals surface area contributed by atoms with Crippen LogP contribution in [0.15, 0.2) is 30.4 Å². The van der Waals surface area contributed by atoms with E-state index in [1.54, 1.807) is 13.0 Å². The number of fused-ring (bicyclic) bond motifs is 4. The lowest BCUT2D eigenvalue weighted by atomic mass is 9.49. The van der Waals surface area contributed by atoms with Crippen molar-refractivity contribution in [2.75, 3.05) is 0 Å². The number of carbonyl (C=O) groups is 1. The first-order chi connectivity index (χ1) is 15.9. The Balaban J connectivity index is 1.28. The van der Waals surface area contributed by atoms with Gasteiger partial charge in [0.05, 0.1) is 23.2 Å². The van der Waals surface area contributed by atoms with E-state index in [0.717, 1.165) is 31.2 Å². The first-order valence-corrected chi connectivity index (χ1v) is 12.7. The molecule has 3 N–H and O–H groups in total. The molecule has 184 valence electrons. The molecule has 0 aromatic heterocycles. The van der Waals surface area contributed by atoms with Crippen molar-refractivity contribution in [1.29, 1.82) is 0 Å². The first-order valence-electron chi connectivity index (χ1n) is 12.7. The molecule has 6 heteroatoms. The minimum Gasteiger partial charge on any atom is -0.387 e. The van der Waals surface area contributed by atoms with Crippen LogP contribution in [0.5, 0.6) is 0 Å². The largest absolute Gasteiger partial charge is 0.387 e. The lowest BCUT2D eigenvalue weighted by Crippen LogP contribution is -2.64. The number of ketones is 1. The van der Waals surface area contributed by atoms with Crippen LogP contribution >= 0.6 is 0 Å². The van der Waals surface area contributed by atoms with Gasteiger partial charge in [-0.25, -0.2) is 0 Å². The highest BCUT2D eigenvalue weighted by Gasteiger charge is 2.75. The lowest BCUT2D eigenvalue weighted by molar-refractivity contribution is -0.321. The molecule has 1 aromatic rings. The highest BCUT2D eigenvalue weighted by atomic mass is 16.6. The van der Waals surface area contributed by atoms with Gasteiger partial charge < -0.3 is 24.8 Å². The normalized spacial score (nSPS) is 50.0. The van der Waals surface area contributed by atoms with Gasteiger partial charge in [0, 0.05) is 12.3 Å². The van der Waals surface area contributed by atoms with E-state index in [0.29, 0.717) is 5.92 Å². The molecule has 1 saturated carbocycles. The number of aryl methyl sites for hydroxylation is 1. The SMILES string of the molecule is C[C@@H](c1ccc2c(c1)CC[C@H]1[C@H]2C[C@@H]2O[C@@]23CC=CC(=O)[C@]13C)[C@H]1C[C@@](C)(O)[C@](C)(O)[C@@H](O)O1. The maximum absolute atomic E-state index is 13.2. The third kappa shape index (κ3) is 2.78. The van der Waals surface area contributed by atoms with Crippen LogP contribution < -0.4 is 0 Å². The Hall–Kier alpha value is -1.57. The molecular weight excluding hydrogens is 432 g/mol. The number of aliphatic hydroxyl groups is 3. The fourth-order valence-corrected chi connectivity index (χ4v) is 7.67. The number of hydrogen-bond acceptors (Lipinski definition) is 6. The molecule has 0 unspecified atom stereocenters. The van der Waals surface area contributed by atoms with Crippen molar-refractivity contribution in [2.24, 2.45) is 11.3 Å². The number of rotatable bonds is 2. The van der Waals surface area contributed by atoms with E-state index in [2.05, 4.69) is 25.1 Å². The molecule has 2 saturated heterocycles. The Bertz CT molecular complexity index is 1070. The van der Waals surface area contributed by atoms with Gasteiger partial charge in [0.1, 0.15) is 11.2 Å². The van der Waals surface area contributed by atoms with Gasteiger partial charge in [0.25, 0.3) is 0 Å². The fourth-order valence-electron chi connectivity index (χ4n) is 7.67. The van der Waals surface area contributed by atoms with Gasteiger partial charge in [-0.3, -0.25) is 4.79 Å². The predicted octanol–water partition coefficient (Wildman–Crippen LogP) is 3.12. The summed E-state index contributed by atoms with van der Waals surface area (Å²) in [6.07, 6.45) is 6.00. The summed E-state index contributed by atoms with van der Waals surface area (Å²) in [5.41, 5.74) is -0.174. The third-order valence-corrected chi connectivity index (χ3v) is 10.4. The third-order valence-electron chi connectivity index (χ3n) is 10.4. The zero-order valence-corrected chi connectivity index (χ0v) is 20.5. The van der Waals surface area contributed by atoms with Crippen molar-refractivity contribution in [2.45, 2.75) is 107 Å². The Morgan fingerprint density at radius 3 is 2.68 bits per heavy atom. The van der Waals surface area contributed by atoms with Gasteiger partial charge in [-0.2, -0.15) is 0 Å². The van der Waals surface area contributed by atoms with E-state index in [4.69, 9.17) is 9.47 Å². The molecule has 0 bridgehead atoms. The van der Waals surface area contributed by atoms with E-state index >= 15 is 0 Å². The van der Waals surface area contributed by atoms with Crippen LogP contribution in [0.3, 0.4) is 0 Å². The topological polar surface area (TPSA) is 99.5 Å². The van der Waals surface area contributed by atoms with E-state index in [9.17, 15) is 20.1 Å². The van der Waals surface area contributed by atoms with Crippen LogP contribution in [-0.2, 0) is 20.7 Å². The number of carbonyl (C=O) groups excluding carboxylic acids is 1.